The van der Waals surface area contributed by atoms with Crippen molar-refractivity contribution < 1.29 is 0 Å². The molecule has 4 heterocycles. The Labute approximate surface area is 178 Å². The van der Waals surface area contributed by atoms with E-state index >= 15 is 0 Å². The Morgan fingerprint density at radius 3 is 2.81 bits per heavy atom. The van der Waals surface area contributed by atoms with Gasteiger partial charge in [-0.05, 0) is 25.5 Å². The third kappa shape index (κ3) is 3.62. The first-order valence-electron chi connectivity index (χ1n) is 9.75. The summed E-state index contributed by atoms with van der Waals surface area (Å²) < 4.78 is 3.70. The molecule has 5 aromatic rings. The van der Waals surface area contributed by atoms with E-state index in [1.54, 1.807) is 10.9 Å². The molecule has 5 rings (SSSR count). The highest BCUT2D eigenvalue weighted by Gasteiger charge is 2.13. The standard InChI is InChI=1S/C22H19N9/c1-14-7-20(29-28-14)27-22-26-19(8-21-25-15(2)11-31(21)22)18-10-24-30(13-18)12-17-6-4-3-5-16(17)9-23/h3-8,10-11,13H,12H2,1-2H3,(H2,26,27,28,29). The molecule has 0 aliphatic rings. The van der Waals surface area contributed by atoms with Crippen LogP contribution in [0.25, 0.3) is 16.9 Å². The number of rotatable bonds is 5. The van der Waals surface area contributed by atoms with E-state index in [2.05, 4.69) is 31.7 Å². The number of hydrogen-bond donors (Lipinski definition) is 2. The lowest BCUT2D eigenvalue weighted by Crippen LogP contribution is -2.03. The molecule has 1 aromatic carbocycles. The molecule has 0 atom stereocenters. The average molecular weight is 409 g/mol. The number of anilines is 2. The van der Waals surface area contributed by atoms with Crippen molar-refractivity contribution in [2.45, 2.75) is 20.4 Å². The van der Waals surface area contributed by atoms with Crippen molar-refractivity contribution in [1.29, 1.82) is 5.26 Å². The van der Waals surface area contributed by atoms with Gasteiger partial charge in [-0.25, -0.2) is 9.97 Å². The molecule has 31 heavy (non-hydrogen) atoms. The summed E-state index contributed by atoms with van der Waals surface area (Å²) in [5.41, 5.74) is 5.79. The van der Waals surface area contributed by atoms with Gasteiger partial charge in [-0.3, -0.25) is 14.2 Å². The minimum atomic E-state index is 0.506. The molecule has 152 valence electrons. The Balaban J connectivity index is 1.51. The van der Waals surface area contributed by atoms with Gasteiger partial charge in [0, 0.05) is 35.8 Å². The first kappa shape index (κ1) is 18.6. The molecule has 0 amide bonds. The number of hydrogen-bond acceptors (Lipinski definition) is 6. The van der Waals surface area contributed by atoms with E-state index in [9.17, 15) is 5.26 Å². The molecule has 9 nitrogen and oxygen atoms in total. The molecule has 4 aromatic heterocycles. The summed E-state index contributed by atoms with van der Waals surface area (Å²) in [5.74, 6) is 1.29. The van der Waals surface area contributed by atoms with Crippen LogP contribution in [-0.2, 0) is 6.54 Å². The van der Waals surface area contributed by atoms with Gasteiger partial charge in [0.1, 0.15) is 5.65 Å². The minimum Gasteiger partial charge on any atom is -0.308 e. The van der Waals surface area contributed by atoms with Crippen LogP contribution in [0, 0.1) is 25.2 Å². The second-order valence-electron chi connectivity index (χ2n) is 7.33. The summed E-state index contributed by atoms with van der Waals surface area (Å²) >= 11 is 0. The van der Waals surface area contributed by atoms with Gasteiger partial charge < -0.3 is 5.32 Å². The van der Waals surface area contributed by atoms with Gasteiger partial charge in [0.2, 0.25) is 5.95 Å². The summed E-state index contributed by atoms with van der Waals surface area (Å²) in [4.78, 5) is 9.39. The highest BCUT2D eigenvalue weighted by molar-refractivity contribution is 5.66. The van der Waals surface area contributed by atoms with E-state index in [1.807, 2.05) is 67.0 Å². The number of aromatic amines is 1. The van der Waals surface area contributed by atoms with E-state index < -0.39 is 0 Å². The number of imidazole rings is 1. The lowest BCUT2D eigenvalue weighted by molar-refractivity contribution is 0.686. The van der Waals surface area contributed by atoms with Gasteiger partial charge in [0.25, 0.3) is 0 Å². The number of nitrogens with zero attached hydrogens (tertiary/aromatic N) is 7. The normalized spacial score (nSPS) is 11.0. The van der Waals surface area contributed by atoms with Gasteiger partial charge in [0.05, 0.1) is 35.8 Å². The number of aromatic nitrogens is 7. The lowest BCUT2D eigenvalue weighted by Gasteiger charge is -2.08. The van der Waals surface area contributed by atoms with Crippen LogP contribution in [0.4, 0.5) is 11.8 Å². The molecule has 0 unspecified atom stereocenters. The Hall–Kier alpha value is -4.45. The molecule has 0 bridgehead atoms. The zero-order valence-electron chi connectivity index (χ0n) is 17.0. The fourth-order valence-electron chi connectivity index (χ4n) is 3.47. The van der Waals surface area contributed by atoms with Crippen molar-refractivity contribution in [2.75, 3.05) is 5.32 Å². The Bertz CT molecular complexity index is 1430. The number of fused-ring (bicyclic) bond motifs is 1. The third-order valence-electron chi connectivity index (χ3n) is 4.92. The minimum absolute atomic E-state index is 0.506. The van der Waals surface area contributed by atoms with Gasteiger partial charge in [0.15, 0.2) is 5.82 Å². The van der Waals surface area contributed by atoms with Crippen LogP contribution in [0.3, 0.4) is 0 Å². The predicted molar refractivity (Wildman–Crippen MR) is 116 cm³/mol. The largest absolute Gasteiger partial charge is 0.308 e. The quantitative estimate of drug-likeness (QED) is 0.459. The summed E-state index contributed by atoms with van der Waals surface area (Å²) in [7, 11) is 0. The number of aryl methyl sites for hydroxylation is 2. The zero-order chi connectivity index (χ0) is 21.4. The van der Waals surface area contributed by atoms with Crippen LogP contribution in [0.2, 0.25) is 0 Å². The van der Waals surface area contributed by atoms with Gasteiger partial charge in [-0.15, -0.1) is 0 Å². The van der Waals surface area contributed by atoms with E-state index in [-0.39, 0.29) is 0 Å². The summed E-state index contributed by atoms with van der Waals surface area (Å²) in [6, 6.07) is 13.6. The van der Waals surface area contributed by atoms with Crippen molar-refractivity contribution in [3.63, 3.8) is 0 Å². The van der Waals surface area contributed by atoms with Crippen molar-refractivity contribution in [1.82, 2.24) is 34.3 Å². The highest BCUT2D eigenvalue weighted by Crippen LogP contribution is 2.24. The second kappa shape index (κ2) is 7.42. The maximum atomic E-state index is 9.32. The molecule has 0 saturated heterocycles. The van der Waals surface area contributed by atoms with Gasteiger partial charge in [-0.2, -0.15) is 15.5 Å². The van der Waals surface area contributed by atoms with Crippen LogP contribution >= 0.6 is 0 Å². The Kier molecular flexibility index (Phi) is 4.45. The maximum absolute atomic E-state index is 9.32. The Morgan fingerprint density at radius 2 is 2.00 bits per heavy atom. The molecule has 0 spiro atoms. The van der Waals surface area contributed by atoms with Crippen LogP contribution < -0.4 is 5.32 Å². The molecule has 0 radical (unpaired) electrons. The smallest absolute Gasteiger partial charge is 0.215 e. The van der Waals surface area contributed by atoms with Crippen molar-refractivity contribution in [3.8, 4) is 17.3 Å². The van der Waals surface area contributed by atoms with E-state index in [0.717, 1.165) is 33.9 Å². The SMILES string of the molecule is Cc1cn2c(Nc3cc(C)[nH]n3)nc(-c3cnn(Cc4ccccc4C#N)c3)cc2n1. The topological polar surface area (TPSA) is 113 Å². The monoisotopic (exact) mass is 409 g/mol. The fraction of sp³-hybridized carbons (Fsp3) is 0.136. The molecule has 0 saturated carbocycles. The summed E-state index contributed by atoms with van der Waals surface area (Å²) in [6.07, 6.45) is 5.62. The third-order valence-corrected chi connectivity index (χ3v) is 4.92. The van der Waals surface area contributed by atoms with Crippen LogP contribution in [0.1, 0.15) is 22.5 Å². The van der Waals surface area contributed by atoms with Crippen LogP contribution in [-0.4, -0.2) is 34.3 Å². The lowest BCUT2D eigenvalue weighted by atomic mass is 10.1. The van der Waals surface area contributed by atoms with E-state index in [1.165, 1.54) is 0 Å². The van der Waals surface area contributed by atoms with Gasteiger partial charge in [-0.1, -0.05) is 18.2 Å². The Morgan fingerprint density at radius 1 is 1.13 bits per heavy atom. The summed E-state index contributed by atoms with van der Waals surface area (Å²) in [5, 5.41) is 24.2. The highest BCUT2D eigenvalue weighted by atomic mass is 15.3. The fourth-order valence-corrected chi connectivity index (χ4v) is 3.47. The zero-order valence-corrected chi connectivity index (χ0v) is 17.0. The first-order valence-corrected chi connectivity index (χ1v) is 9.75. The molecule has 0 aliphatic carbocycles. The average Bonchev–Trinajstić information content (AvgIpc) is 3.48. The van der Waals surface area contributed by atoms with Crippen LogP contribution in [0.15, 0.2) is 55.0 Å². The summed E-state index contributed by atoms with van der Waals surface area (Å²) in [6.45, 7) is 4.39. The number of nitriles is 1. The molecular weight excluding hydrogens is 390 g/mol. The molecule has 0 fully saturated rings. The molecule has 9 heteroatoms. The van der Waals surface area contributed by atoms with Crippen molar-refractivity contribution in [3.05, 3.63) is 77.5 Å². The molecule has 0 aliphatic heterocycles. The second-order valence-corrected chi connectivity index (χ2v) is 7.33. The van der Waals surface area contributed by atoms with Crippen molar-refractivity contribution >= 4 is 17.4 Å². The molecule has 2 N–H and O–H groups in total. The van der Waals surface area contributed by atoms with Crippen molar-refractivity contribution in [2.24, 2.45) is 0 Å². The van der Waals surface area contributed by atoms with Crippen LogP contribution in [0.5, 0.6) is 0 Å². The first-order chi connectivity index (χ1) is 15.1. The number of nitrogens with one attached hydrogen (secondary N) is 2. The number of benzene rings is 1. The number of H-pyrrole nitrogens is 1. The predicted octanol–water partition coefficient (Wildman–Crippen LogP) is 3.60. The molecular formula is C22H19N9. The van der Waals surface area contributed by atoms with E-state index in [0.29, 0.717) is 23.9 Å². The van der Waals surface area contributed by atoms with Gasteiger partial charge >= 0.3 is 0 Å². The van der Waals surface area contributed by atoms with E-state index in [4.69, 9.17) is 4.98 Å². The maximum Gasteiger partial charge on any atom is 0.215 e.